The van der Waals surface area contributed by atoms with Gasteiger partial charge in [0.2, 0.25) is 0 Å². The monoisotopic (exact) mass is 218 g/mol. The molecule has 0 spiro atoms. The van der Waals surface area contributed by atoms with E-state index in [0.29, 0.717) is 10.6 Å². The van der Waals surface area contributed by atoms with E-state index >= 15 is 0 Å². The van der Waals surface area contributed by atoms with Crippen LogP contribution >= 0.6 is 15.8 Å². The molecule has 0 fully saturated rings. The van der Waals surface area contributed by atoms with Crippen LogP contribution < -0.4 is 0 Å². The maximum atomic E-state index is 11.3. The van der Waals surface area contributed by atoms with Crippen LogP contribution in [0.5, 0.6) is 0 Å². The van der Waals surface area contributed by atoms with Crippen molar-refractivity contribution < 1.29 is 14.3 Å². The molecule has 0 aromatic carbocycles. The molecular weight excluding hydrogens is 206 g/mol. The summed E-state index contributed by atoms with van der Waals surface area (Å²) in [5.41, 5.74) is 0. The van der Waals surface area contributed by atoms with Gasteiger partial charge in [0.05, 0.1) is 10.6 Å². The van der Waals surface area contributed by atoms with Gasteiger partial charge in [-0.2, -0.15) is 0 Å². The molecular formula is C8H12O3P2. The first-order valence-corrected chi connectivity index (χ1v) is 8.27. The Morgan fingerprint density at radius 1 is 0.846 bits per heavy atom. The van der Waals surface area contributed by atoms with E-state index in [1.807, 2.05) is 26.7 Å². The number of cyclic esters (lactones) is 2. The second kappa shape index (κ2) is 3.86. The molecule has 13 heavy (non-hydrogen) atoms. The first-order chi connectivity index (χ1) is 5.95. The lowest BCUT2D eigenvalue weighted by Crippen LogP contribution is -2.01. The summed E-state index contributed by atoms with van der Waals surface area (Å²) in [5, 5.41) is 1.27. The Balaban J connectivity index is 3.18. The van der Waals surface area contributed by atoms with Crippen molar-refractivity contribution in [3.8, 4) is 0 Å². The second-order valence-electron chi connectivity index (χ2n) is 3.16. The number of esters is 2. The fraction of sp³-hybridized carbons (Fsp3) is 0.500. The van der Waals surface area contributed by atoms with Crippen LogP contribution in [0.15, 0.2) is 10.6 Å². The molecule has 0 bridgehead atoms. The van der Waals surface area contributed by atoms with Gasteiger partial charge in [0.1, 0.15) is 0 Å². The number of hydrogen-bond donors (Lipinski definition) is 0. The topological polar surface area (TPSA) is 43.4 Å². The Bertz CT molecular complexity index is 264. The van der Waals surface area contributed by atoms with Crippen molar-refractivity contribution in [1.82, 2.24) is 0 Å². The molecule has 0 unspecified atom stereocenters. The molecule has 0 aromatic heterocycles. The lowest BCUT2D eigenvalue weighted by molar-refractivity contribution is -0.150. The zero-order valence-corrected chi connectivity index (χ0v) is 9.91. The van der Waals surface area contributed by atoms with Gasteiger partial charge in [-0.25, -0.2) is 9.59 Å². The highest BCUT2D eigenvalue weighted by Gasteiger charge is 2.35. The third-order valence-electron chi connectivity index (χ3n) is 1.69. The van der Waals surface area contributed by atoms with Crippen LogP contribution in [0.1, 0.15) is 0 Å². The average Bonchev–Trinajstić information content (AvgIpc) is 2.24. The van der Waals surface area contributed by atoms with Gasteiger partial charge in [-0.15, -0.1) is 0 Å². The Kier molecular flexibility index (Phi) is 3.21. The van der Waals surface area contributed by atoms with Crippen molar-refractivity contribution in [1.29, 1.82) is 0 Å². The Morgan fingerprint density at radius 3 is 1.38 bits per heavy atom. The lowest BCUT2D eigenvalue weighted by atomic mass is 10.5. The molecule has 0 radical (unpaired) electrons. The summed E-state index contributed by atoms with van der Waals surface area (Å²) in [5.74, 6) is -0.848. The van der Waals surface area contributed by atoms with E-state index in [1.54, 1.807) is 0 Å². The van der Waals surface area contributed by atoms with Gasteiger partial charge in [0, 0.05) is 0 Å². The van der Waals surface area contributed by atoms with E-state index in [9.17, 15) is 9.59 Å². The molecule has 1 heterocycles. The van der Waals surface area contributed by atoms with Crippen molar-refractivity contribution in [3.63, 3.8) is 0 Å². The summed E-state index contributed by atoms with van der Waals surface area (Å²) in [7, 11) is -1.08. The minimum absolute atomic E-state index is 0.424. The van der Waals surface area contributed by atoms with E-state index < -0.39 is 27.8 Å². The van der Waals surface area contributed by atoms with Crippen molar-refractivity contribution in [2.45, 2.75) is 0 Å². The van der Waals surface area contributed by atoms with Gasteiger partial charge in [0.25, 0.3) is 0 Å². The second-order valence-corrected chi connectivity index (χ2v) is 7.64. The number of hydrogen-bond acceptors (Lipinski definition) is 3. The van der Waals surface area contributed by atoms with Gasteiger partial charge in [-0.05, 0) is 26.7 Å². The quantitative estimate of drug-likeness (QED) is 0.403. The SMILES string of the molecule is CP(C)C1=C(P(C)C)C(=O)OC1=O. The molecule has 0 N–H and O–H groups in total. The number of carbonyl (C=O) groups is 2. The number of carbonyl (C=O) groups excluding carboxylic acids is 2. The molecule has 0 aromatic rings. The van der Waals surface area contributed by atoms with Crippen LogP contribution in [0.2, 0.25) is 0 Å². The van der Waals surface area contributed by atoms with E-state index in [4.69, 9.17) is 0 Å². The largest absolute Gasteiger partial charge is 0.386 e. The summed E-state index contributed by atoms with van der Waals surface area (Å²) in [6, 6.07) is 0. The van der Waals surface area contributed by atoms with Gasteiger partial charge in [-0.3, -0.25) is 0 Å². The van der Waals surface area contributed by atoms with E-state index in [-0.39, 0.29) is 0 Å². The fourth-order valence-corrected chi connectivity index (χ4v) is 4.21. The predicted molar refractivity (Wildman–Crippen MR) is 55.7 cm³/mol. The molecule has 0 amide bonds. The third-order valence-corrected chi connectivity index (χ3v) is 4.47. The Hall–Kier alpha value is -0.260. The van der Waals surface area contributed by atoms with E-state index in [1.165, 1.54) is 0 Å². The van der Waals surface area contributed by atoms with Gasteiger partial charge < -0.3 is 4.74 Å². The Morgan fingerprint density at radius 2 is 1.15 bits per heavy atom. The predicted octanol–water partition coefficient (Wildman–Crippen LogP) is 1.76. The normalized spacial score (nSPS) is 17.7. The molecule has 0 aliphatic carbocycles. The van der Waals surface area contributed by atoms with Gasteiger partial charge >= 0.3 is 11.9 Å². The summed E-state index contributed by atoms with van der Waals surface area (Å²) in [4.78, 5) is 22.5. The van der Waals surface area contributed by atoms with Gasteiger partial charge in [0.15, 0.2) is 0 Å². The molecule has 5 heteroatoms. The molecule has 1 rings (SSSR count). The standard InChI is InChI=1S/C8H12O3P2/c1-12(2)5-6(13(3)4)8(10)11-7(5)9/h1-4H3. The van der Waals surface area contributed by atoms with E-state index in [0.717, 1.165) is 0 Å². The molecule has 72 valence electrons. The van der Waals surface area contributed by atoms with Crippen molar-refractivity contribution in [2.75, 3.05) is 26.7 Å². The molecule has 0 saturated heterocycles. The van der Waals surface area contributed by atoms with Crippen molar-refractivity contribution >= 4 is 27.8 Å². The first kappa shape index (κ1) is 10.8. The summed E-state index contributed by atoms with van der Waals surface area (Å²) in [6.45, 7) is 7.85. The molecule has 1 aliphatic rings. The fourth-order valence-electron chi connectivity index (χ4n) is 1.16. The maximum Gasteiger partial charge on any atom is 0.347 e. The van der Waals surface area contributed by atoms with Crippen LogP contribution in [-0.2, 0) is 14.3 Å². The molecule has 1 aliphatic heterocycles. The zero-order chi connectivity index (χ0) is 10.2. The van der Waals surface area contributed by atoms with Crippen LogP contribution in [0.25, 0.3) is 0 Å². The van der Waals surface area contributed by atoms with Gasteiger partial charge in [-0.1, -0.05) is 15.8 Å². The summed E-state index contributed by atoms with van der Waals surface area (Å²) >= 11 is 0. The van der Waals surface area contributed by atoms with Crippen LogP contribution in [-0.4, -0.2) is 38.6 Å². The lowest BCUT2D eigenvalue weighted by Gasteiger charge is -2.07. The first-order valence-electron chi connectivity index (χ1n) is 3.80. The smallest absolute Gasteiger partial charge is 0.347 e. The average molecular weight is 218 g/mol. The molecule has 0 saturated carbocycles. The minimum atomic E-state index is -0.539. The highest BCUT2D eigenvalue weighted by molar-refractivity contribution is 7.66. The third kappa shape index (κ3) is 1.98. The highest BCUT2D eigenvalue weighted by Crippen LogP contribution is 2.52. The molecule has 0 atom stereocenters. The van der Waals surface area contributed by atoms with Crippen LogP contribution in [0, 0.1) is 0 Å². The minimum Gasteiger partial charge on any atom is -0.386 e. The van der Waals surface area contributed by atoms with Crippen LogP contribution in [0.4, 0.5) is 0 Å². The maximum absolute atomic E-state index is 11.3. The number of rotatable bonds is 2. The highest BCUT2D eigenvalue weighted by atomic mass is 31.1. The summed E-state index contributed by atoms with van der Waals surface area (Å²) in [6.07, 6.45) is 0. The van der Waals surface area contributed by atoms with Crippen molar-refractivity contribution in [2.24, 2.45) is 0 Å². The zero-order valence-electron chi connectivity index (χ0n) is 8.12. The number of ether oxygens (including phenoxy) is 1. The Labute approximate surface area is 80.0 Å². The van der Waals surface area contributed by atoms with Crippen molar-refractivity contribution in [3.05, 3.63) is 10.6 Å². The summed E-state index contributed by atoms with van der Waals surface area (Å²) < 4.78 is 4.59. The molecule has 3 nitrogen and oxygen atoms in total. The van der Waals surface area contributed by atoms with Crippen LogP contribution in [0.3, 0.4) is 0 Å². The van der Waals surface area contributed by atoms with E-state index in [2.05, 4.69) is 4.74 Å².